The smallest absolute Gasteiger partial charge is 0.261 e. The van der Waals surface area contributed by atoms with Crippen molar-refractivity contribution >= 4 is 23.6 Å². The SMILES string of the molecule is COc1cc(C=C2CC(=O)N(c3ccc(C)cc3)C2=O)ccc1O. The molecule has 0 aromatic heterocycles. The molecular formula is C19H17NO4. The lowest BCUT2D eigenvalue weighted by molar-refractivity contribution is -0.120. The van der Waals surface area contributed by atoms with Gasteiger partial charge in [0.15, 0.2) is 11.5 Å². The van der Waals surface area contributed by atoms with Gasteiger partial charge in [-0.05, 0) is 42.8 Å². The van der Waals surface area contributed by atoms with Crippen LogP contribution in [0.25, 0.3) is 6.08 Å². The molecule has 0 saturated carbocycles. The Labute approximate surface area is 139 Å². The van der Waals surface area contributed by atoms with Crippen LogP contribution in [0.5, 0.6) is 11.5 Å². The van der Waals surface area contributed by atoms with Gasteiger partial charge in [-0.3, -0.25) is 9.59 Å². The first kappa shape index (κ1) is 15.8. The van der Waals surface area contributed by atoms with Crippen molar-refractivity contribution in [3.8, 4) is 11.5 Å². The Morgan fingerprint density at radius 3 is 2.50 bits per heavy atom. The van der Waals surface area contributed by atoms with Crippen LogP contribution < -0.4 is 9.64 Å². The van der Waals surface area contributed by atoms with E-state index in [9.17, 15) is 14.7 Å². The fraction of sp³-hybridized carbons (Fsp3) is 0.158. The Kier molecular flexibility index (Phi) is 4.08. The number of phenols is 1. The highest BCUT2D eigenvalue weighted by Gasteiger charge is 2.34. The summed E-state index contributed by atoms with van der Waals surface area (Å²) in [4.78, 5) is 26.0. The van der Waals surface area contributed by atoms with Crippen molar-refractivity contribution in [3.63, 3.8) is 0 Å². The Hall–Kier alpha value is -3.08. The molecule has 1 aliphatic rings. The Bertz CT molecular complexity index is 837. The third-order valence-corrected chi connectivity index (χ3v) is 3.91. The van der Waals surface area contributed by atoms with E-state index in [0.717, 1.165) is 5.56 Å². The number of phenolic OH excluding ortho intramolecular Hbond substituents is 1. The largest absolute Gasteiger partial charge is 0.504 e. The van der Waals surface area contributed by atoms with Gasteiger partial charge >= 0.3 is 0 Å². The summed E-state index contributed by atoms with van der Waals surface area (Å²) in [7, 11) is 1.45. The topological polar surface area (TPSA) is 66.8 Å². The van der Waals surface area contributed by atoms with E-state index in [0.29, 0.717) is 22.6 Å². The third-order valence-electron chi connectivity index (χ3n) is 3.91. The summed E-state index contributed by atoms with van der Waals surface area (Å²) in [5, 5.41) is 9.63. The molecule has 1 heterocycles. The molecule has 5 nitrogen and oxygen atoms in total. The summed E-state index contributed by atoms with van der Waals surface area (Å²) in [6, 6.07) is 12.0. The maximum absolute atomic E-state index is 12.6. The Morgan fingerprint density at radius 2 is 1.83 bits per heavy atom. The molecule has 0 aliphatic carbocycles. The molecule has 0 radical (unpaired) electrons. The predicted molar refractivity (Wildman–Crippen MR) is 90.9 cm³/mol. The molecule has 1 fully saturated rings. The van der Waals surface area contributed by atoms with E-state index in [1.54, 1.807) is 30.3 Å². The number of amides is 2. The van der Waals surface area contributed by atoms with Crippen molar-refractivity contribution in [2.24, 2.45) is 0 Å². The molecule has 0 spiro atoms. The highest BCUT2D eigenvalue weighted by molar-refractivity contribution is 6.29. The molecule has 5 heteroatoms. The number of methoxy groups -OCH3 is 1. The number of ether oxygens (including phenoxy) is 1. The number of hydrogen-bond acceptors (Lipinski definition) is 4. The van der Waals surface area contributed by atoms with Crippen molar-refractivity contribution < 1.29 is 19.4 Å². The van der Waals surface area contributed by atoms with Gasteiger partial charge in [-0.1, -0.05) is 23.8 Å². The minimum Gasteiger partial charge on any atom is -0.504 e. The molecule has 0 unspecified atom stereocenters. The molecule has 3 rings (SSSR count). The number of benzene rings is 2. The lowest BCUT2D eigenvalue weighted by Crippen LogP contribution is -2.28. The molecule has 0 atom stereocenters. The van der Waals surface area contributed by atoms with Crippen LogP contribution in [0, 0.1) is 6.92 Å². The van der Waals surface area contributed by atoms with Gasteiger partial charge in [-0.2, -0.15) is 0 Å². The van der Waals surface area contributed by atoms with Crippen molar-refractivity contribution in [2.45, 2.75) is 13.3 Å². The lowest BCUT2D eigenvalue weighted by Gasteiger charge is -2.13. The number of nitrogens with zero attached hydrogens (tertiary/aromatic N) is 1. The zero-order valence-corrected chi connectivity index (χ0v) is 13.4. The van der Waals surface area contributed by atoms with E-state index in [2.05, 4.69) is 0 Å². The molecule has 24 heavy (non-hydrogen) atoms. The van der Waals surface area contributed by atoms with Crippen molar-refractivity contribution in [1.82, 2.24) is 0 Å². The minimum atomic E-state index is -0.323. The number of rotatable bonds is 3. The monoisotopic (exact) mass is 323 g/mol. The number of aromatic hydroxyl groups is 1. The first-order valence-corrected chi connectivity index (χ1v) is 7.51. The summed E-state index contributed by atoms with van der Waals surface area (Å²) < 4.78 is 5.06. The zero-order chi connectivity index (χ0) is 17.3. The highest BCUT2D eigenvalue weighted by Crippen LogP contribution is 2.30. The van der Waals surface area contributed by atoms with Gasteiger partial charge in [0.25, 0.3) is 5.91 Å². The molecule has 1 N–H and O–H groups in total. The van der Waals surface area contributed by atoms with Crippen LogP contribution in [0.2, 0.25) is 0 Å². The second kappa shape index (κ2) is 6.20. The van der Waals surface area contributed by atoms with E-state index in [1.165, 1.54) is 18.1 Å². The molecule has 1 saturated heterocycles. The Balaban J connectivity index is 1.92. The predicted octanol–water partition coefficient (Wildman–Crippen LogP) is 3.06. The maximum Gasteiger partial charge on any atom is 0.261 e. The van der Waals surface area contributed by atoms with Gasteiger partial charge in [0.05, 0.1) is 19.2 Å². The van der Waals surface area contributed by atoms with Crippen LogP contribution in [0.1, 0.15) is 17.5 Å². The van der Waals surface area contributed by atoms with E-state index in [4.69, 9.17) is 4.74 Å². The average Bonchev–Trinajstić information content (AvgIpc) is 2.84. The van der Waals surface area contributed by atoms with Gasteiger partial charge in [0, 0.05) is 5.57 Å². The van der Waals surface area contributed by atoms with Gasteiger partial charge in [0.2, 0.25) is 5.91 Å². The quantitative estimate of drug-likeness (QED) is 0.696. The van der Waals surface area contributed by atoms with Crippen LogP contribution >= 0.6 is 0 Å². The summed E-state index contributed by atoms with van der Waals surface area (Å²) >= 11 is 0. The van der Waals surface area contributed by atoms with Crippen LogP contribution in [-0.2, 0) is 9.59 Å². The van der Waals surface area contributed by atoms with Crippen molar-refractivity contribution in [1.29, 1.82) is 0 Å². The van der Waals surface area contributed by atoms with E-state index < -0.39 is 0 Å². The number of anilines is 1. The fourth-order valence-electron chi connectivity index (χ4n) is 2.63. The number of aryl methyl sites for hydroxylation is 1. The van der Waals surface area contributed by atoms with Gasteiger partial charge in [-0.15, -0.1) is 0 Å². The summed E-state index contributed by atoms with van der Waals surface area (Å²) in [6.07, 6.45) is 1.70. The fourth-order valence-corrected chi connectivity index (χ4v) is 2.63. The first-order chi connectivity index (χ1) is 11.5. The maximum atomic E-state index is 12.6. The number of carbonyl (C=O) groups excluding carboxylic acids is 2. The van der Waals surface area contributed by atoms with E-state index >= 15 is 0 Å². The standard InChI is InChI=1S/C19H17NO4/c1-12-3-6-15(7-4-12)20-18(22)11-14(19(20)23)9-13-5-8-16(21)17(10-13)24-2/h3-10,21H,11H2,1-2H3. The number of imide groups is 1. The summed E-state index contributed by atoms with van der Waals surface area (Å²) in [5.74, 6) is -0.233. The van der Waals surface area contributed by atoms with Crippen LogP contribution in [0.15, 0.2) is 48.0 Å². The molecule has 122 valence electrons. The summed E-state index contributed by atoms with van der Waals surface area (Å²) in [6.45, 7) is 1.95. The first-order valence-electron chi connectivity index (χ1n) is 7.51. The third kappa shape index (κ3) is 2.88. The average molecular weight is 323 g/mol. The molecule has 2 aromatic carbocycles. The van der Waals surface area contributed by atoms with Crippen molar-refractivity contribution in [3.05, 3.63) is 59.2 Å². The molecule has 0 bridgehead atoms. The van der Waals surface area contributed by atoms with Crippen molar-refractivity contribution in [2.75, 3.05) is 12.0 Å². The molecule has 1 aliphatic heterocycles. The second-order valence-corrected chi connectivity index (χ2v) is 5.65. The van der Waals surface area contributed by atoms with E-state index in [-0.39, 0.29) is 24.0 Å². The second-order valence-electron chi connectivity index (χ2n) is 5.65. The molecule has 2 aromatic rings. The normalized spacial score (nSPS) is 16.1. The van der Waals surface area contributed by atoms with Gasteiger partial charge < -0.3 is 9.84 Å². The van der Waals surface area contributed by atoms with Crippen LogP contribution in [0.4, 0.5) is 5.69 Å². The lowest BCUT2D eigenvalue weighted by atomic mass is 10.1. The molecular weight excluding hydrogens is 306 g/mol. The van der Waals surface area contributed by atoms with Gasteiger partial charge in [-0.25, -0.2) is 4.90 Å². The van der Waals surface area contributed by atoms with Gasteiger partial charge in [0.1, 0.15) is 0 Å². The number of carbonyl (C=O) groups is 2. The van der Waals surface area contributed by atoms with Crippen LogP contribution in [0.3, 0.4) is 0 Å². The number of hydrogen-bond donors (Lipinski definition) is 1. The van der Waals surface area contributed by atoms with E-state index in [1.807, 2.05) is 19.1 Å². The zero-order valence-electron chi connectivity index (χ0n) is 13.4. The minimum absolute atomic E-state index is 0.0229. The highest BCUT2D eigenvalue weighted by atomic mass is 16.5. The Morgan fingerprint density at radius 1 is 1.12 bits per heavy atom. The van der Waals surface area contributed by atoms with Crippen LogP contribution in [-0.4, -0.2) is 24.0 Å². The summed E-state index contributed by atoms with van der Waals surface area (Å²) in [5.41, 5.74) is 2.73. The molecule has 2 amide bonds.